The standard InChI is InChI=1S/C15H23N3O2/c1-9-5-10(2)8-18(7-9)14(19)6-13-11(3)16-12(4)17-15(13)20/h9-10H,5-8H2,1-4H3,(H,16,17,20)/t9-,10-/m1/s1. The van der Waals surface area contributed by atoms with Gasteiger partial charge in [-0.2, -0.15) is 0 Å². The van der Waals surface area contributed by atoms with Crippen LogP contribution in [0, 0.1) is 25.7 Å². The van der Waals surface area contributed by atoms with E-state index in [9.17, 15) is 9.59 Å². The van der Waals surface area contributed by atoms with Crippen molar-refractivity contribution in [1.29, 1.82) is 0 Å². The smallest absolute Gasteiger partial charge is 0.254 e. The van der Waals surface area contributed by atoms with Gasteiger partial charge in [-0.15, -0.1) is 0 Å². The molecule has 2 rings (SSSR count). The van der Waals surface area contributed by atoms with E-state index in [4.69, 9.17) is 0 Å². The van der Waals surface area contributed by atoms with Gasteiger partial charge < -0.3 is 9.88 Å². The number of carbonyl (C=O) groups is 1. The molecule has 20 heavy (non-hydrogen) atoms. The number of aromatic nitrogens is 2. The van der Waals surface area contributed by atoms with E-state index in [0.29, 0.717) is 28.9 Å². The molecule has 0 spiro atoms. The Morgan fingerprint density at radius 3 is 2.45 bits per heavy atom. The Morgan fingerprint density at radius 1 is 1.30 bits per heavy atom. The normalized spacial score (nSPS) is 22.9. The first kappa shape index (κ1) is 14.8. The Bertz CT molecular complexity index is 555. The van der Waals surface area contributed by atoms with E-state index in [-0.39, 0.29) is 17.9 Å². The highest BCUT2D eigenvalue weighted by Crippen LogP contribution is 2.21. The first-order chi connectivity index (χ1) is 9.36. The fourth-order valence-corrected chi connectivity index (χ4v) is 3.09. The van der Waals surface area contributed by atoms with Gasteiger partial charge in [0, 0.05) is 24.3 Å². The van der Waals surface area contributed by atoms with E-state index in [1.807, 2.05) is 4.90 Å². The van der Waals surface area contributed by atoms with Crippen molar-refractivity contribution >= 4 is 5.91 Å². The lowest BCUT2D eigenvalue weighted by Crippen LogP contribution is -2.43. The number of hydrogen-bond donors (Lipinski definition) is 1. The number of aromatic amines is 1. The van der Waals surface area contributed by atoms with Crippen molar-refractivity contribution in [3.8, 4) is 0 Å². The minimum atomic E-state index is -0.193. The van der Waals surface area contributed by atoms with Crippen LogP contribution in [0.1, 0.15) is 37.4 Å². The summed E-state index contributed by atoms with van der Waals surface area (Å²) in [5.41, 5.74) is 0.950. The monoisotopic (exact) mass is 277 g/mol. The van der Waals surface area contributed by atoms with E-state index in [1.54, 1.807) is 13.8 Å². The van der Waals surface area contributed by atoms with Crippen LogP contribution in [0.4, 0.5) is 0 Å². The first-order valence-electron chi connectivity index (χ1n) is 7.21. The Morgan fingerprint density at radius 2 is 1.90 bits per heavy atom. The molecule has 0 saturated carbocycles. The zero-order valence-electron chi connectivity index (χ0n) is 12.7. The maximum Gasteiger partial charge on any atom is 0.254 e. The summed E-state index contributed by atoms with van der Waals surface area (Å²) in [5, 5.41) is 0. The molecular weight excluding hydrogens is 254 g/mol. The molecule has 1 aromatic rings. The fourth-order valence-electron chi connectivity index (χ4n) is 3.09. The van der Waals surface area contributed by atoms with Gasteiger partial charge in [-0.05, 0) is 32.1 Å². The molecule has 0 unspecified atom stereocenters. The van der Waals surface area contributed by atoms with Crippen LogP contribution in [0.15, 0.2) is 4.79 Å². The lowest BCUT2D eigenvalue weighted by atomic mass is 9.91. The van der Waals surface area contributed by atoms with Gasteiger partial charge in [-0.3, -0.25) is 9.59 Å². The Labute approximate surface area is 119 Å². The summed E-state index contributed by atoms with van der Waals surface area (Å²) in [5.74, 6) is 1.67. The number of carbonyl (C=O) groups excluding carboxylic acids is 1. The van der Waals surface area contributed by atoms with Crippen LogP contribution in [0.5, 0.6) is 0 Å². The average Bonchev–Trinajstić information content (AvgIpc) is 2.32. The van der Waals surface area contributed by atoms with Crippen LogP contribution in [-0.2, 0) is 11.2 Å². The number of nitrogens with one attached hydrogen (secondary N) is 1. The number of H-pyrrole nitrogens is 1. The molecule has 1 aliphatic heterocycles. The van der Waals surface area contributed by atoms with Gasteiger partial charge >= 0.3 is 0 Å². The Balaban J connectivity index is 2.14. The molecule has 5 nitrogen and oxygen atoms in total. The second-order valence-corrected chi connectivity index (χ2v) is 6.14. The predicted octanol–water partition coefficient (Wildman–Crippen LogP) is 1.43. The molecule has 5 heteroatoms. The molecular formula is C15H23N3O2. The van der Waals surface area contributed by atoms with Crippen LogP contribution in [0.2, 0.25) is 0 Å². The van der Waals surface area contributed by atoms with Crippen LogP contribution in [0.3, 0.4) is 0 Å². The Hall–Kier alpha value is -1.65. The van der Waals surface area contributed by atoms with Gasteiger partial charge in [0.15, 0.2) is 0 Å². The fraction of sp³-hybridized carbons (Fsp3) is 0.667. The minimum absolute atomic E-state index is 0.0302. The molecule has 110 valence electrons. The van der Waals surface area contributed by atoms with E-state index in [1.165, 1.54) is 0 Å². The maximum absolute atomic E-state index is 12.4. The molecule has 1 N–H and O–H groups in total. The minimum Gasteiger partial charge on any atom is -0.342 e. The van der Waals surface area contributed by atoms with Crippen molar-refractivity contribution in [3.63, 3.8) is 0 Å². The van der Waals surface area contributed by atoms with Gasteiger partial charge in [0.2, 0.25) is 5.91 Å². The van der Waals surface area contributed by atoms with Crippen molar-refractivity contribution in [3.05, 3.63) is 27.4 Å². The molecule has 0 bridgehead atoms. The summed E-state index contributed by atoms with van der Waals surface area (Å²) in [6.07, 6.45) is 1.31. The summed E-state index contributed by atoms with van der Waals surface area (Å²) in [4.78, 5) is 33.1. The molecule has 1 aliphatic rings. The molecule has 1 aromatic heterocycles. The van der Waals surface area contributed by atoms with E-state index < -0.39 is 0 Å². The lowest BCUT2D eigenvalue weighted by molar-refractivity contribution is -0.133. The SMILES string of the molecule is Cc1nc(C)c(CC(=O)N2C[C@H](C)C[C@@H](C)C2)c(=O)[nH]1. The lowest BCUT2D eigenvalue weighted by Gasteiger charge is -2.35. The molecule has 0 aliphatic carbocycles. The highest BCUT2D eigenvalue weighted by Gasteiger charge is 2.26. The number of nitrogens with zero attached hydrogens (tertiary/aromatic N) is 2. The van der Waals surface area contributed by atoms with Crippen LogP contribution < -0.4 is 5.56 Å². The third-order valence-electron chi connectivity index (χ3n) is 3.89. The molecule has 1 amide bonds. The van der Waals surface area contributed by atoms with Gasteiger partial charge in [-0.1, -0.05) is 13.8 Å². The maximum atomic E-state index is 12.4. The number of hydrogen-bond acceptors (Lipinski definition) is 3. The van der Waals surface area contributed by atoms with E-state index >= 15 is 0 Å². The van der Waals surface area contributed by atoms with Gasteiger partial charge in [0.1, 0.15) is 5.82 Å². The summed E-state index contributed by atoms with van der Waals surface area (Å²) in [7, 11) is 0. The second kappa shape index (κ2) is 5.77. The van der Waals surface area contributed by atoms with Crippen molar-refractivity contribution in [1.82, 2.24) is 14.9 Å². The second-order valence-electron chi connectivity index (χ2n) is 6.14. The van der Waals surface area contributed by atoms with Gasteiger partial charge in [-0.25, -0.2) is 4.98 Å². The van der Waals surface area contributed by atoms with Gasteiger partial charge in [0.05, 0.1) is 6.42 Å². The zero-order valence-corrected chi connectivity index (χ0v) is 12.7. The number of rotatable bonds is 2. The third-order valence-corrected chi connectivity index (χ3v) is 3.89. The summed E-state index contributed by atoms with van der Waals surface area (Å²) < 4.78 is 0. The van der Waals surface area contributed by atoms with Crippen molar-refractivity contribution < 1.29 is 4.79 Å². The van der Waals surface area contributed by atoms with Crippen LogP contribution >= 0.6 is 0 Å². The molecule has 2 heterocycles. The van der Waals surface area contributed by atoms with Crippen LogP contribution in [-0.4, -0.2) is 33.9 Å². The highest BCUT2D eigenvalue weighted by molar-refractivity contribution is 5.79. The van der Waals surface area contributed by atoms with E-state index in [2.05, 4.69) is 23.8 Å². The topological polar surface area (TPSA) is 66.1 Å². The summed E-state index contributed by atoms with van der Waals surface area (Å²) >= 11 is 0. The number of amides is 1. The first-order valence-corrected chi connectivity index (χ1v) is 7.21. The quantitative estimate of drug-likeness (QED) is 0.889. The largest absolute Gasteiger partial charge is 0.342 e. The van der Waals surface area contributed by atoms with E-state index in [0.717, 1.165) is 19.5 Å². The molecule has 0 aromatic carbocycles. The molecule has 2 atom stereocenters. The number of likely N-dealkylation sites (tertiary alicyclic amines) is 1. The number of aryl methyl sites for hydroxylation is 2. The van der Waals surface area contributed by atoms with Crippen LogP contribution in [0.25, 0.3) is 0 Å². The Kier molecular flexibility index (Phi) is 4.26. The summed E-state index contributed by atoms with van der Waals surface area (Å²) in [6.45, 7) is 9.45. The van der Waals surface area contributed by atoms with Crippen molar-refractivity contribution in [2.45, 2.75) is 40.5 Å². The van der Waals surface area contributed by atoms with Crippen molar-refractivity contribution in [2.24, 2.45) is 11.8 Å². The predicted molar refractivity (Wildman–Crippen MR) is 77.6 cm³/mol. The van der Waals surface area contributed by atoms with Gasteiger partial charge in [0.25, 0.3) is 5.56 Å². The molecule has 1 fully saturated rings. The number of piperidine rings is 1. The molecule has 1 saturated heterocycles. The average molecular weight is 277 g/mol. The zero-order chi connectivity index (χ0) is 14.9. The van der Waals surface area contributed by atoms with Crippen molar-refractivity contribution in [2.75, 3.05) is 13.1 Å². The summed E-state index contributed by atoms with van der Waals surface area (Å²) in [6, 6.07) is 0. The molecule has 0 radical (unpaired) electrons. The third kappa shape index (κ3) is 3.26. The highest BCUT2D eigenvalue weighted by atomic mass is 16.2.